The zero-order chi connectivity index (χ0) is 10.1. The van der Waals surface area contributed by atoms with Crippen molar-refractivity contribution in [3.63, 3.8) is 0 Å². The van der Waals surface area contributed by atoms with Crippen molar-refractivity contribution in [3.8, 4) is 0 Å². The molecule has 0 amide bonds. The molecule has 1 aromatic heterocycles. The summed E-state index contributed by atoms with van der Waals surface area (Å²) in [5.74, 6) is 0. The SMILES string of the molecule is CCC(O)(CN)c1c(Br)nnn1C. The van der Waals surface area contributed by atoms with Crippen molar-refractivity contribution in [2.24, 2.45) is 12.8 Å². The number of aryl methyl sites for hydroxylation is 1. The molecule has 0 aromatic carbocycles. The van der Waals surface area contributed by atoms with Gasteiger partial charge in [0.05, 0.1) is 0 Å². The second-order valence-corrected chi connectivity index (χ2v) is 3.69. The highest BCUT2D eigenvalue weighted by Gasteiger charge is 2.32. The van der Waals surface area contributed by atoms with E-state index in [4.69, 9.17) is 5.73 Å². The number of hydrogen-bond donors (Lipinski definition) is 2. The van der Waals surface area contributed by atoms with Crippen LogP contribution in [0, 0.1) is 0 Å². The molecule has 1 unspecified atom stereocenters. The average molecular weight is 249 g/mol. The summed E-state index contributed by atoms with van der Waals surface area (Å²) in [5, 5.41) is 17.7. The van der Waals surface area contributed by atoms with Crippen molar-refractivity contribution in [2.45, 2.75) is 18.9 Å². The van der Waals surface area contributed by atoms with Gasteiger partial charge >= 0.3 is 0 Å². The van der Waals surface area contributed by atoms with E-state index in [1.807, 2.05) is 6.92 Å². The number of halogens is 1. The van der Waals surface area contributed by atoms with Gasteiger partial charge in [0.1, 0.15) is 11.3 Å². The molecule has 0 fully saturated rings. The largest absolute Gasteiger partial charge is 0.382 e. The molecule has 0 aliphatic carbocycles. The fraction of sp³-hybridized carbons (Fsp3) is 0.714. The Bertz CT molecular complexity index is 275. The zero-order valence-corrected chi connectivity index (χ0v) is 9.24. The molecular weight excluding hydrogens is 236 g/mol. The summed E-state index contributed by atoms with van der Waals surface area (Å²) in [6.07, 6.45) is 0.531. The Morgan fingerprint density at radius 2 is 2.31 bits per heavy atom. The standard InChI is InChI=1S/C7H13BrN4O/c1-3-7(13,4-9)5-6(8)10-11-12(5)2/h13H,3-4,9H2,1-2H3. The van der Waals surface area contributed by atoms with Crippen molar-refractivity contribution in [3.05, 3.63) is 10.3 Å². The lowest BCUT2D eigenvalue weighted by Crippen LogP contribution is -2.36. The van der Waals surface area contributed by atoms with E-state index in [9.17, 15) is 5.11 Å². The highest BCUT2D eigenvalue weighted by Crippen LogP contribution is 2.28. The molecular formula is C7H13BrN4O. The first-order chi connectivity index (χ1) is 6.05. The van der Waals surface area contributed by atoms with Gasteiger partial charge in [-0.25, -0.2) is 4.68 Å². The molecule has 74 valence electrons. The molecule has 6 heteroatoms. The Hall–Kier alpha value is -0.460. The smallest absolute Gasteiger partial charge is 0.154 e. The minimum absolute atomic E-state index is 0.156. The number of aliphatic hydroxyl groups is 1. The number of aromatic nitrogens is 3. The molecule has 0 saturated heterocycles. The van der Waals surface area contributed by atoms with E-state index < -0.39 is 5.60 Å². The number of nitrogens with zero attached hydrogens (tertiary/aromatic N) is 3. The van der Waals surface area contributed by atoms with E-state index in [-0.39, 0.29) is 6.54 Å². The van der Waals surface area contributed by atoms with Crippen LogP contribution in [0.1, 0.15) is 19.0 Å². The number of nitrogens with two attached hydrogens (primary N) is 1. The first-order valence-electron chi connectivity index (χ1n) is 4.03. The summed E-state index contributed by atoms with van der Waals surface area (Å²) >= 11 is 3.22. The van der Waals surface area contributed by atoms with Crippen molar-refractivity contribution < 1.29 is 5.11 Å². The zero-order valence-electron chi connectivity index (χ0n) is 7.66. The maximum atomic E-state index is 10.1. The van der Waals surface area contributed by atoms with Crippen LogP contribution in [0.2, 0.25) is 0 Å². The van der Waals surface area contributed by atoms with Gasteiger partial charge < -0.3 is 10.8 Å². The molecule has 0 spiro atoms. The van der Waals surface area contributed by atoms with Gasteiger partial charge in [-0.15, -0.1) is 5.10 Å². The van der Waals surface area contributed by atoms with E-state index in [0.29, 0.717) is 16.7 Å². The highest BCUT2D eigenvalue weighted by atomic mass is 79.9. The molecule has 0 aliphatic rings. The van der Waals surface area contributed by atoms with Crippen LogP contribution in [0.25, 0.3) is 0 Å². The van der Waals surface area contributed by atoms with Crippen LogP contribution in [0.5, 0.6) is 0 Å². The molecule has 0 bridgehead atoms. The Labute approximate surface area is 85.1 Å². The Morgan fingerprint density at radius 3 is 2.62 bits per heavy atom. The van der Waals surface area contributed by atoms with Gasteiger partial charge in [-0.2, -0.15) is 0 Å². The average Bonchev–Trinajstić information content (AvgIpc) is 2.46. The van der Waals surface area contributed by atoms with E-state index in [1.165, 1.54) is 4.68 Å². The van der Waals surface area contributed by atoms with Crippen LogP contribution in [-0.4, -0.2) is 26.6 Å². The van der Waals surface area contributed by atoms with Crippen molar-refractivity contribution in [1.29, 1.82) is 0 Å². The quantitative estimate of drug-likeness (QED) is 0.798. The Balaban J connectivity index is 3.18. The van der Waals surface area contributed by atoms with Crippen LogP contribution < -0.4 is 5.73 Å². The van der Waals surface area contributed by atoms with Gasteiger partial charge in [0.25, 0.3) is 0 Å². The summed E-state index contributed by atoms with van der Waals surface area (Å²) in [4.78, 5) is 0. The predicted molar refractivity (Wildman–Crippen MR) is 51.9 cm³/mol. The minimum atomic E-state index is -1.04. The van der Waals surface area contributed by atoms with Crippen LogP contribution in [-0.2, 0) is 12.6 Å². The van der Waals surface area contributed by atoms with Crippen molar-refractivity contribution >= 4 is 15.9 Å². The highest BCUT2D eigenvalue weighted by molar-refractivity contribution is 9.10. The number of rotatable bonds is 3. The van der Waals surface area contributed by atoms with Gasteiger partial charge in [-0.1, -0.05) is 12.1 Å². The lowest BCUT2D eigenvalue weighted by molar-refractivity contribution is 0.0328. The van der Waals surface area contributed by atoms with Crippen LogP contribution in [0.3, 0.4) is 0 Å². The summed E-state index contributed by atoms with van der Waals surface area (Å²) in [6, 6.07) is 0. The number of hydrogen-bond acceptors (Lipinski definition) is 4. The van der Waals surface area contributed by atoms with Gasteiger partial charge in [-0.3, -0.25) is 0 Å². The summed E-state index contributed by atoms with van der Waals surface area (Å²) in [7, 11) is 1.73. The lowest BCUT2D eigenvalue weighted by Gasteiger charge is -2.24. The van der Waals surface area contributed by atoms with Crippen molar-refractivity contribution in [1.82, 2.24) is 15.0 Å². The van der Waals surface area contributed by atoms with Gasteiger partial charge in [0.15, 0.2) is 4.60 Å². The van der Waals surface area contributed by atoms with Crippen LogP contribution >= 0.6 is 15.9 Å². The maximum absolute atomic E-state index is 10.1. The molecule has 0 aliphatic heterocycles. The van der Waals surface area contributed by atoms with Gasteiger partial charge in [0.2, 0.25) is 0 Å². The predicted octanol–water partition coefficient (Wildman–Crippen LogP) is 0.134. The van der Waals surface area contributed by atoms with Gasteiger partial charge in [-0.05, 0) is 22.4 Å². The van der Waals surface area contributed by atoms with E-state index in [1.54, 1.807) is 7.05 Å². The Kier molecular flexibility index (Phi) is 3.05. The fourth-order valence-electron chi connectivity index (χ4n) is 1.23. The molecule has 1 heterocycles. The molecule has 1 aromatic rings. The monoisotopic (exact) mass is 248 g/mol. The second-order valence-electron chi connectivity index (χ2n) is 2.94. The van der Waals surface area contributed by atoms with Gasteiger partial charge in [0, 0.05) is 13.6 Å². The molecule has 1 rings (SSSR count). The normalized spacial score (nSPS) is 15.8. The van der Waals surface area contributed by atoms with Crippen molar-refractivity contribution in [2.75, 3.05) is 6.54 Å². The molecule has 3 N–H and O–H groups in total. The lowest BCUT2D eigenvalue weighted by atomic mass is 9.97. The van der Waals surface area contributed by atoms with E-state index in [0.717, 1.165) is 0 Å². The first-order valence-corrected chi connectivity index (χ1v) is 4.82. The van der Waals surface area contributed by atoms with E-state index >= 15 is 0 Å². The fourth-order valence-corrected chi connectivity index (χ4v) is 1.93. The summed E-state index contributed by atoms with van der Waals surface area (Å²) in [6.45, 7) is 2.02. The third-order valence-corrected chi connectivity index (χ3v) is 2.68. The minimum Gasteiger partial charge on any atom is -0.382 e. The molecule has 0 radical (unpaired) electrons. The Morgan fingerprint density at radius 1 is 1.69 bits per heavy atom. The summed E-state index contributed by atoms with van der Waals surface area (Å²) < 4.78 is 2.07. The maximum Gasteiger partial charge on any atom is 0.154 e. The third-order valence-electron chi connectivity index (χ3n) is 2.15. The third kappa shape index (κ3) is 1.74. The van der Waals surface area contributed by atoms with Crippen LogP contribution in [0.15, 0.2) is 4.60 Å². The van der Waals surface area contributed by atoms with E-state index in [2.05, 4.69) is 26.2 Å². The second kappa shape index (κ2) is 3.73. The molecule has 13 heavy (non-hydrogen) atoms. The topological polar surface area (TPSA) is 77.0 Å². The first kappa shape index (κ1) is 10.6. The molecule has 0 saturated carbocycles. The molecule has 5 nitrogen and oxygen atoms in total. The summed E-state index contributed by atoms with van der Waals surface area (Å²) in [5.41, 5.74) is 5.08. The molecule has 1 atom stereocenters. The van der Waals surface area contributed by atoms with Crippen LogP contribution in [0.4, 0.5) is 0 Å².